The number of carbonyl (C=O) groups excluding carboxylic acids is 2. The second-order valence-electron chi connectivity index (χ2n) is 8.70. The van der Waals surface area contributed by atoms with Gasteiger partial charge in [0.1, 0.15) is 10.5 Å². The molecule has 10 heteroatoms. The van der Waals surface area contributed by atoms with Crippen LogP contribution in [-0.2, 0) is 16.9 Å². The fourth-order valence-electron chi connectivity index (χ4n) is 4.69. The first-order valence-electron chi connectivity index (χ1n) is 10.6. The second-order valence-corrected chi connectivity index (χ2v) is 9.76. The van der Waals surface area contributed by atoms with E-state index >= 15 is 0 Å². The zero-order valence-corrected chi connectivity index (χ0v) is 18.1. The Labute approximate surface area is 191 Å². The van der Waals surface area contributed by atoms with Crippen molar-refractivity contribution in [3.8, 4) is 16.3 Å². The van der Waals surface area contributed by atoms with Crippen LogP contribution >= 0.6 is 11.3 Å². The highest BCUT2D eigenvalue weighted by molar-refractivity contribution is 7.14. The molecule has 3 aromatic rings. The summed E-state index contributed by atoms with van der Waals surface area (Å²) >= 11 is 1.03. The van der Waals surface area contributed by atoms with E-state index in [1.54, 1.807) is 4.90 Å². The summed E-state index contributed by atoms with van der Waals surface area (Å²) in [5, 5.41) is 18.1. The first kappa shape index (κ1) is 20.2. The molecule has 0 radical (unpaired) electrons. The maximum atomic E-state index is 14.3. The third-order valence-electron chi connectivity index (χ3n) is 6.78. The summed E-state index contributed by atoms with van der Waals surface area (Å²) in [6, 6.07) is 11.4. The molecule has 3 aliphatic rings. The molecule has 0 atom stereocenters. The SMILES string of the molecule is O=C1N(Cc2nnc(-c3ccc(F)c(O)c3F)s2)C2(CC2)C(=O)N1C1(c2ccccc2)CC1. The summed E-state index contributed by atoms with van der Waals surface area (Å²) in [5.41, 5.74) is -0.576. The largest absolute Gasteiger partial charge is 0.503 e. The van der Waals surface area contributed by atoms with Crippen molar-refractivity contribution >= 4 is 23.3 Å². The number of hydrogen-bond donors (Lipinski definition) is 1. The highest BCUT2D eigenvalue weighted by Gasteiger charge is 2.70. The van der Waals surface area contributed by atoms with Gasteiger partial charge in [0.15, 0.2) is 22.4 Å². The lowest BCUT2D eigenvalue weighted by molar-refractivity contribution is -0.131. The molecule has 1 aromatic heterocycles. The second kappa shape index (κ2) is 6.80. The van der Waals surface area contributed by atoms with Crippen molar-refractivity contribution in [2.75, 3.05) is 0 Å². The molecule has 3 amide bonds. The van der Waals surface area contributed by atoms with Gasteiger partial charge in [0.05, 0.1) is 17.6 Å². The van der Waals surface area contributed by atoms with E-state index in [1.165, 1.54) is 11.0 Å². The number of imide groups is 1. The molecule has 2 aliphatic carbocycles. The zero-order valence-electron chi connectivity index (χ0n) is 17.3. The van der Waals surface area contributed by atoms with Gasteiger partial charge in [-0.1, -0.05) is 41.7 Å². The van der Waals surface area contributed by atoms with Crippen LogP contribution in [0.2, 0.25) is 0 Å². The Bertz CT molecular complexity index is 1300. The summed E-state index contributed by atoms with van der Waals surface area (Å²) in [5.74, 6) is -3.43. The number of urea groups is 1. The first-order valence-corrected chi connectivity index (χ1v) is 11.4. The van der Waals surface area contributed by atoms with Crippen LogP contribution in [0.3, 0.4) is 0 Å². The van der Waals surface area contributed by atoms with E-state index in [1.807, 2.05) is 30.3 Å². The number of halogens is 2. The zero-order chi connectivity index (χ0) is 23.0. The molecule has 2 saturated carbocycles. The third kappa shape index (κ3) is 2.83. The van der Waals surface area contributed by atoms with Gasteiger partial charge in [-0.2, -0.15) is 0 Å². The monoisotopic (exact) mass is 468 g/mol. The van der Waals surface area contributed by atoms with E-state index in [9.17, 15) is 23.5 Å². The Balaban J connectivity index is 1.30. The number of rotatable bonds is 5. The van der Waals surface area contributed by atoms with Crippen LogP contribution in [0.1, 0.15) is 36.3 Å². The number of aromatic hydroxyl groups is 1. The van der Waals surface area contributed by atoms with Crippen LogP contribution in [0, 0.1) is 11.6 Å². The average molecular weight is 468 g/mol. The average Bonchev–Trinajstić information content (AvgIpc) is 3.73. The van der Waals surface area contributed by atoms with Gasteiger partial charge in [-0.25, -0.2) is 13.6 Å². The van der Waals surface area contributed by atoms with Gasteiger partial charge in [0, 0.05) is 0 Å². The molecule has 2 heterocycles. The molecule has 168 valence electrons. The van der Waals surface area contributed by atoms with Crippen LogP contribution in [-0.4, -0.2) is 42.6 Å². The van der Waals surface area contributed by atoms with Gasteiger partial charge >= 0.3 is 6.03 Å². The van der Waals surface area contributed by atoms with Gasteiger partial charge in [0.2, 0.25) is 0 Å². The van der Waals surface area contributed by atoms with Crippen molar-refractivity contribution in [3.63, 3.8) is 0 Å². The Morgan fingerprint density at radius 2 is 1.67 bits per heavy atom. The van der Waals surface area contributed by atoms with Gasteiger partial charge in [-0.05, 0) is 43.4 Å². The smallest absolute Gasteiger partial charge is 0.328 e. The number of phenols is 1. The van der Waals surface area contributed by atoms with Crippen LogP contribution in [0.25, 0.3) is 10.6 Å². The van der Waals surface area contributed by atoms with Gasteiger partial charge in [-0.15, -0.1) is 10.2 Å². The van der Waals surface area contributed by atoms with E-state index in [0.29, 0.717) is 17.8 Å². The molecule has 0 bridgehead atoms. The van der Waals surface area contributed by atoms with Crippen molar-refractivity contribution in [1.82, 2.24) is 20.0 Å². The predicted molar refractivity (Wildman–Crippen MR) is 114 cm³/mol. The van der Waals surface area contributed by atoms with Crippen molar-refractivity contribution in [1.29, 1.82) is 0 Å². The minimum atomic E-state index is -1.12. The number of phenolic OH excluding ortho intramolecular Hbond substituents is 1. The van der Waals surface area contributed by atoms with Gasteiger partial charge in [-0.3, -0.25) is 9.69 Å². The number of benzene rings is 2. The first-order chi connectivity index (χ1) is 15.9. The molecule has 1 saturated heterocycles. The molecule has 1 aliphatic heterocycles. The van der Waals surface area contributed by atoms with E-state index in [-0.39, 0.29) is 29.1 Å². The molecule has 6 rings (SSSR count). The van der Waals surface area contributed by atoms with E-state index < -0.39 is 28.5 Å². The molecule has 33 heavy (non-hydrogen) atoms. The minimum Gasteiger partial charge on any atom is -0.503 e. The Morgan fingerprint density at radius 3 is 2.33 bits per heavy atom. The van der Waals surface area contributed by atoms with Crippen molar-refractivity contribution < 1.29 is 23.5 Å². The summed E-state index contributed by atoms with van der Waals surface area (Å²) in [6.45, 7) is 0.0679. The number of aromatic nitrogens is 2. The molecular formula is C23H18F2N4O3S. The fourth-order valence-corrected chi connectivity index (χ4v) is 5.54. The minimum absolute atomic E-state index is 0.0679. The molecule has 0 unspecified atom stereocenters. The quantitative estimate of drug-likeness (QED) is 0.568. The number of carbonyl (C=O) groups is 2. The maximum Gasteiger partial charge on any atom is 0.328 e. The van der Waals surface area contributed by atoms with Gasteiger partial charge in [0.25, 0.3) is 5.91 Å². The number of nitrogens with zero attached hydrogens (tertiary/aromatic N) is 4. The van der Waals surface area contributed by atoms with Crippen LogP contribution < -0.4 is 0 Å². The van der Waals surface area contributed by atoms with Crippen molar-refractivity contribution in [2.45, 2.75) is 43.3 Å². The standard InChI is InChI=1S/C23H18F2N4O3S/c24-15-7-6-14(17(25)18(15)30)19-27-26-16(33-19)12-28-21(32)29(20(31)23(28)10-11-23)22(8-9-22)13-4-2-1-3-5-13/h1-7,30H,8-12H2. The fraction of sp³-hybridized carbons (Fsp3) is 0.304. The molecule has 1 N–H and O–H groups in total. The van der Waals surface area contributed by atoms with Crippen molar-refractivity contribution in [3.05, 3.63) is 64.7 Å². The Morgan fingerprint density at radius 1 is 0.970 bits per heavy atom. The van der Waals surface area contributed by atoms with Crippen LogP contribution in [0.5, 0.6) is 5.75 Å². The molecule has 7 nitrogen and oxygen atoms in total. The van der Waals surface area contributed by atoms with Gasteiger partial charge < -0.3 is 10.0 Å². The normalized spacial score (nSPS) is 20.1. The predicted octanol–water partition coefficient (Wildman–Crippen LogP) is 4.18. The summed E-state index contributed by atoms with van der Waals surface area (Å²) < 4.78 is 27.7. The van der Waals surface area contributed by atoms with Crippen LogP contribution in [0.15, 0.2) is 42.5 Å². The third-order valence-corrected chi connectivity index (χ3v) is 7.73. The lowest BCUT2D eigenvalue weighted by Crippen LogP contribution is -2.41. The Kier molecular flexibility index (Phi) is 4.17. The maximum absolute atomic E-state index is 14.3. The molecule has 3 fully saturated rings. The lowest BCUT2D eigenvalue weighted by Gasteiger charge is -2.26. The molecular weight excluding hydrogens is 450 g/mol. The Hall–Kier alpha value is -3.40. The highest BCUT2D eigenvalue weighted by Crippen LogP contribution is 2.58. The van der Waals surface area contributed by atoms with E-state index in [0.717, 1.165) is 35.8 Å². The number of amides is 3. The lowest BCUT2D eigenvalue weighted by atomic mass is 10.0. The molecule has 1 spiro atoms. The number of hydrogen-bond acceptors (Lipinski definition) is 6. The van der Waals surface area contributed by atoms with E-state index in [2.05, 4.69) is 10.2 Å². The topological polar surface area (TPSA) is 86.6 Å². The molecule has 2 aromatic carbocycles. The highest BCUT2D eigenvalue weighted by atomic mass is 32.1. The van der Waals surface area contributed by atoms with Crippen molar-refractivity contribution in [2.24, 2.45) is 0 Å². The summed E-state index contributed by atoms with van der Waals surface area (Å²) in [4.78, 5) is 29.9. The summed E-state index contributed by atoms with van der Waals surface area (Å²) in [7, 11) is 0. The summed E-state index contributed by atoms with van der Waals surface area (Å²) in [6.07, 6.45) is 2.64. The van der Waals surface area contributed by atoms with Crippen LogP contribution in [0.4, 0.5) is 13.6 Å². The van der Waals surface area contributed by atoms with E-state index in [4.69, 9.17) is 0 Å².